The number of nitrogens with one attached hydrogen (secondary N) is 2. The highest BCUT2D eigenvalue weighted by atomic mass is 32.2. The Hall–Kier alpha value is -2.26. The summed E-state index contributed by atoms with van der Waals surface area (Å²) in [7, 11) is -3.64. The average molecular weight is 474 g/mol. The fourth-order valence-corrected chi connectivity index (χ4v) is 5.46. The van der Waals surface area contributed by atoms with Crippen LogP contribution in [0.15, 0.2) is 47.4 Å². The van der Waals surface area contributed by atoms with E-state index >= 15 is 0 Å². The number of carbonyl (C=O) groups excluding carboxylic acids is 1. The summed E-state index contributed by atoms with van der Waals surface area (Å²) in [4.78, 5) is 14.8. The first-order valence-corrected chi connectivity index (χ1v) is 12.9. The second-order valence-electron chi connectivity index (χ2n) is 8.96. The van der Waals surface area contributed by atoms with Crippen molar-refractivity contribution in [3.63, 3.8) is 0 Å². The molecule has 1 amide bonds. The molecule has 0 aliphatic carbocycles. The number of nitrogens with zero attached hydrogens (tertiary/aromatic N) is 1. The molecule has 0 saturated carbocycles. The summed E-state index contributed by atoms with van der Waals surface area (Å²) in [6.07, 6.45) is 0.567. The molecule has 0 bridgehead atoms. The lowest BCUT2D eigenvalue weighted by molar-refractivity contribution is -0.121. The van der Waals surface area contributed by atoms with Crippen LogP contribution in [0.4, 0.5) is 0 Å². The van der Waals surface area contributed by atoms with Gasteiger partial charge in [-0.15, -0.1) is 0 Å². The molecule has 7 nitrogen and oxygen atoms in total. The van der Waals surface area contributed by atoms with Gasteiger partial charge in [0.25, 0.3) is 0 Å². The standard InChI is InChI=1S/C25H35N3O4S/c1-18-5-6-19(2)24(13-18)33(30,31)27-12-11-25(29)26-14-22-7-9-23(10-8-22)17-28-15-20(3)32-21(4)16-28/h5-10,13,20-21,27H,11-12,14-17H2,1-4H3,(H,26,29). The SMILES string of the molecule is Cc1ccc(C)c(S(=O)(=O)NCCC(=O)NCc2ccc(CN3CC(C)OC(C)C3)cc2)c1. The Bertz CT molecular complexity index is 1040. The smallest absolute Gasteiger partial charge is 0.240 e. The normalized spacial score (nSPS) is 19.4. The zero-order valence-corrected chi connectivity index (χ0v) is 20.7. The zero-order valence-electron chi connectivity index (χ0n) is 19.9. The van der Waals surface area contributed by atoms with Crippen molar-refractivity contribution in [3.8, 4) is 0 Å². The van der Waals surface area contributed by atoms with Crippen LogP contribution in [0.2, 0.25) is 0 Å². The molecule has 2 N–H and O–H groups in total. The third kappa shape index (κ3) is 7.64. The van der Waals surface area contributed by atoms with E-state index < -0.39 is 10.0 Å². The van der Waals surface area contributed by atoms with Gasteiger partial charge < -0.3 is 10.1 Å². The molecule has 8 heteroatoms. The summed E-state index contributed by atoms with van der Waals surface area (Å²) >= 11 is 0. The largest absolute Gasteiger partial charge is 0.373 e. The minimum absolute atomic E-state index is 0.0525. The lowest BCUT2D eigenvalue weighted by Crippen LogP contribution is -2.44. The number of ether oxygens (including phenoxy) is 1. The predicted octanol–water partition coefficient (Wildman–Crippen LogP) is 2.90. The van der Waals surface area contributed by atoms with Gasteiger partial charge in [0, 0.05) is 39.1 Å². The molecule has 0 aromatic heterocycles. The Kier molecular flexibility index (Phi) is 8.64. The number of aryl methyl sites for hydroxylation is 2. The Morgan fingerprint density at radius 1 is 1.03 bits per heavy atom. The minimum atomic E-state index is -3.64. The summed E-state index contributed by atoms with van der Waals surface area (Å²) in [6, 6.07) is 13.5. The Labute approximate surface area is 197 Å². The van der Waals surface area contributed by atoms with Crippen molar-refractivity contribution in [3.05, 3.63) is 64.7 Å². The van der Waals surface area contributed by atoms with Gasteiger partial charge in [-0.05, 0) is 56.0 Å². The van der Waals surface area contributed by atoms with E-state index in [-0.39, 0.29) is 36.0 Å². The van der Waals surface area contributed by atoms with Crippen LogP contribution in [0.1, 0.15) is 42.5 Å². The summed E-state index contributed by atoms with van der Waals surface area (Å²) in [5.41, 5.74) is 3.79. The highest BCUT2D eigenvalue weighted by Crippen LogP contribution is 2.17. The number of sulfonamides is 1. The second kappa shape index (κ2) is 11.2. The molecule has 1 aliphatic heterocycles. The van der Waals surface area contributed by atoms with Crippen molar-refractivity contribution >= 4 is 15.9 Å². The molecule has 2 atom stereocenters. The highest BCUT2D eigenvalue weighted by Gasteiger charge is 2.22. The van der Waals surface area contributed by atoms with E-state index in [9.17, 15) is 13.2 Å². The van der Waals surface area contributed by atoms with E-state index in [1.54, 1.807) is 19.1 Å². The van der Waals surface area contributed by atoms with Crippen molar-refractivity contribution < 1.29 is 17.9 Å². The molecule has 3 rings (SSSR count). The number of morpholine rings is 1. The summed E-state index contributed by atoms with van der Waals surface area (Å²) < 4.78 is 33.4. The third-order valence-corrected chi connectivity index (χ3v) is 7.29. The molecule has 0 spiro atoms. The number of benzene rings is 2. The van der Waals surface area contributed by atoms with E-state index in [0.717, 1.165) is 30.8 Å². The Morgan fingerprint density at radius 3 is 2.33 bits per heavy atom. The predicted molar refractivity (Wildman–Crippen MR) is 129 cm³/mol. The van der Waals surface area contributed by atoms with Crippen LogP contribution in [-0.4, -0.2) is 51.1 Å². The first-order chi connectivity index (χ1) is 15.6. The average Bonchev–Trinajstić information content (AvgIpc) is 2.74. The fraction of sp³-hybridized carbons (Fsp3) is 0.480. The quantitative estimate of drug-likeness (QED) is 0.585. The monoisotopic (exact) mass is 473 g/mol. The number of amides is 1. The maximum atomic E-state index is 12.5. The van der Waals surface area contributed by atoms with Crippen molar-refractivity contribution in [2.75, 3.05) is 19.6 Å². The van der Waals surface area contributed by atoms with Crippen LogP contribution in [0.5, 0.6) is 0 Å². The molecule has 1 aliphatic rings. The Balaban J connectivity index is 1.42. The van der Waals surface area contributed by atoms with Crippen LogP contribution < -0.4 is 10.0 Å². The first kappa shape index (κ1) is 25.4. The van der Waals surface area contributed by atoms with Gasteiger partial charge in [-0.1, -0.05) is 36.4 Å². The number of hydrogen-bond acceptors (Lipinski definition) is 5. The zero-order chi connectivity index (χ0) is 24.0. The van der Waals surface area contributed by atoms with Crippen LogP contribution in [0.25, 0.3) is 0 Å². The van der Waals surface area contributed by atoms with Gasteiger partial charge in [-0.2, -0.15) is 0 Å². The van der Waals surface area contributed by atoms with E-state index in [0.29, 0.717) is 12.1 Å². The van der Waals surface area contributed by atoms with Crippen LogP contribution in [-0.2, 0) is 32.6 Å². The van der Waals surface area contributed by atoms with E-state index in [4.69, 9.17) is 4.74 Å². The van der Waals surface area contributed by atoms with Crippen molar-refractivity contribution in [2.45, 2.75) is 64.3 Å². The lowest BCUT2D eigenvalue weighted by atomic mass is 10.1. The number of rotatable bonds is 9. The first-order valence-electron chi connectivity index (χ1n) is 11.4. The van der Waals surface area contributed by atoms with Gasteiger partial charge in [-0.25, -0.2) is 13.1 Å². The number of carbonyl (C=O) groups is 1. The molecule has 1 heterocycles. The van der Waals surface area contributed by atoms with Crippen LogP contribution in [0, 0.1) is 13.8 Å². The van der Waals surface area contributed by atoms with Crippen molar-refractivity contribution in [1.29, 1.82) is 0 Å². The molecule has 0 radical (unpaired) electrons. The molecule has 2 unspecified atom stereocenters. The molecule has 180 valence electrons. The summed E-state index contributed by atoms with van der Waals surface area (Å²) in [5.74, 6) is -0.195. The molecule has 33 heavy (non-hydrogen) atoms. The third-order valence-electron chi connectivity index (χ3n) is 5.69. The molecule has 1 fully saturated rings. The maximum Gasteiger partial charge on any atom is 0.240 e. The minimum Gasteiger partial charge on any atom is -0.373 e. The van der Waals surface area contributed by atoms with Gasteiger partial charge >= 0.3 is 0 Å². The van der Waals surface area contributed by atoms with Gasteiger partial charge in [0.15, 0.2) is 0 Å². The van der Waals surface area contributed by atoms with Gasteiger partial charge in [-0.3, -0.25) is 9.69 Å². The van der Waals surface area contributed by atoms with Gasteiger partial charge in [0.05, 0.1) is 17.1 Å². The van der Waals surface area contributed by atoms with Crippen molar-refractivity contribution in [1.82, 2.24) is 14.9 Å². The Morgan fingerprint density at radius 2 is 1.67 bits per heavy atom. The van der Waals surface area contributed by atoms with Crippen LogP contribution >= 0.6 is 0 Å². The second-order valence-corrected chi connectivity index (χ2v) is 10.7. The highest BCUT2D eigenvalue weighted by molar-refractivity contribution is 7.89. The lowest BCUT2D eigenvalue weighted by Gasteiger charge is -2.35. The topological polar surface area (TPSA) is 87.7 Å². The van der Waals surface area contributed by atoms with Gasteiger partial charge in [0.2, 0.25) is 15.9 Å². The maximum absolute atomic E-state index is 12.5. The van der Waals surface area contributed by atoms with Gasteiger partial charge in [0.1, 0.15) is 0 Å². The molecular weight excluding hydrogens is 438 g/mol. The van der Waals surface area contributed by atoms with Crippen molar-refractivity contribution in [2.24, 2.45) is 0 Å². The summed E-state index contributed by atoms with van der Waals surface area (Å²) in [5, 5.41) is 2.86. The fourth-order valence-electron chi connectivity index (χ4n) is 4.10. The molecule has 2 aromatic rings. The van der Waals surface area contributed by atoms with E-state index in [1.165, 1.54) is 5.56 Å². The van der Waals surface area contributed by atoms with Crippen LogP contribution in [0.3, 0.4) is 0 Å². The molecular formula is C25H35N3O4S. The van der Waals surface area contributed by atoms with E-state index in [2.05, 4.69) is 40.9 Å². The molecule has 1 saturated heterocycles. The number of hydrogen-bond donors (Lipinski definition) is 2. The summed E-state index contributed by atoms with van der Waals surface area (Å²) in [6.45, 7) is 11.0. The van der Waals surface area contributed by atoms with E-state index in [1.807, 2.05) is 25.1 Å². The molecule has 2 aromatic carbocycles.